The maximum Gasteiger partial charge on any atom is 0.221 e. The third kappa shape index (κ3) is 4.21. The van der Waals surface area contributed by atoms with Gasteiger partial charge in [0, 0.05) is 38.0 Å². The van der Waals surface area contributed by atoms with Crippen molar-refractivity contribution in [1.29, 1.82) is 0 Å². The lowest BCUT2D eigenvalue weighted by atomic mass is 10.1. The molecule has 23 heavy (non-hydrogen) atoms. The van der Waals surface area contributed by atoms with Crippen LogP contribution in [0.5, 0.6) is 5.75 Å². The standard InChI is InChI=1S/C18H22N2O3/c21-15(12-20-10-8-18(22)19-9-11-20)13-23-17-7-3-5-14-4-1-2-6-16(14)17/h1-7,15,21H,8-13H2,(H,19,22). The number of carbonyl (C=O) groups is 1. The van der Waals surface area contributed by atoms with Crippen molar-refractivity contribution < 1.29 is 14.6 Å². The fourth-order valence-corrected chi connectivity index (χ4v) is 2.85. The average Bonchev–Trinajstić information content (AvgIpc) is 2.77. The molecular formula is C18H22N2O3. The Bertz CT molecular complexity index is 669. The van der Waals surface area contributed by atoms with Gasteiger partial charge in [0.05, 0.1) is 0 Å². The molecule has 1 saturated heterocycles. The zero-order valence-corrected chi connectivity index (χ0v) is 13.1. The second kappa shape index (κ2) is 7.44. The Morgan fingerprint density at radius 3 is 2.91 bits per heavy atom. The molecule has 1 fully saturated rings. The van der Waals surface area contributed by atoms with Gasteiger partial charge in [-0.25, -0.2) is 0 Å². The van der Waals surface area contributed by atoms with Gasteiger partial charge in [-0.05, 0) is 11.5 Å². The second-order valence-corrected chi connectivity index (χ2v) is 5.84. The van der Waals surface area contributed by atoms with Gasteiger partial charge < -0.3 is 15.2 Å². The van der Waals surface area contributed by atoms with Crippen molar-refractivity contribution >= 4 is 16.7 Å². The van der Waals surface area contributed by atoms with E-state index < -0.39 is 6.10 Å². The van der Waals surface area contributed by atoms with E-state index in [9.17, 15) is 9.90 Å². The Morgan fingerprint density at radius 1 is 1.17 bits per heavy atom. The van der Waals surface area contributed by atoms with E-state index in [1.54, 1.807) is 0 Å². The number of amides is 1. The molecule has 1 aliphatic heterocycles. The zero-order chi connectivity index (χ0) is 16.1. The molecule has 0 spiro atoms. The molecule has 1 heterocycles. The number of nitrogens with one attached hydrogen (secondary N) is 1. The summed E-state index contributed by atoms with van der Waals surface area (Å²) in [5, 5.41) is 15.2. The first-order valence-corrected chi connectivity index (χ1v) is 8.00. The number of aliphatic hydroxyl groups excluding tert-OH is 1. The summed E-state index contributed by atoms with van der Waals surface area (Å²) in [6, 6.07) is 13.9. The normalized spacial score (nSPS) is 17.5. The molecule has 0 aromatic heterocycles. The lowest BCUT2D eigenvalue weighted by molar-refractivity contribution is -0.120. The van der Waals surface area contributed by atoms with Gasteiger partial charge in [-0.3, -0.25) is 9.69 Å². The molecule has 122 valence electrons. The van der Waals surface area contributed by atoms with Gasteiger partial charge in [-0.2, -0.15) is 0 Å². The maximum atomic E-state index is 11.3. The first-order chi connectivity index (χ1) is 11.2. The van der Waals surface area contributed by atoms with E-state index >= 15 is 0 Å². The minimum absolute atomic E-state index is 0.0778. The number of fused-ring (bicyclic) bond motifs is 1. The summed E-state index contributed by atoms with van der Waals surface area (Å²) in [7, 11) is 0. The van der Waals surface area contributed by atoms with Crippen LogP contribution in [-0.4, -0.2) is 54.8 Å². The van der Waals surface area contributed by atoms with Crippen LogP contribution in [-0.2, 0) is 4.79 Å². The summed E-state index contributed by atoms with van der Waals surface area (Å²) in [5.41, 5.74) is 0. The van der Waals surface area contributed by atoms with Gasteiger partial charge in [-0.1, -0.05) is 36.4 Å². The highest BCUT2D eigenvalue weighted by Gasteiger charge is 2.17. The third-order valence-corrected chi connectivity index (χ3v) is 4.06. The highest BCUT2D eigenvalue weighted by atomic mass is 16.5. The Morgan fingerprint density at radius 2 is 2.00 bits per heavy atom. The summed E-state index contributed by atoms with van der Waals surface area (Å²) >= 11 is 0. The highest BCUT2D eigenvalue weighted by molar-refractivity contribution is 5.88. The van der Waals surface area contributed by atoms with Crippen LogP contribution in [0, 0.1) is 0 Å². The summed E-state index contributed by atoms with van der Waals surface area (Å²) < 4.78 is 5.82. The van der Waals surface area contributed by atoms with Gasteiger partial charge in [0.15, 0.2) is 0 Å². The summed E-state index contributed by atoms with van der Waals surface area (Å²) in [6.45, 7) is 2.83. The zero-order valence-electron chi connectivity index (χ0n) is 13.1. The van der Waals surface area contributed by atoms with E-state index in [2.05, 4.69) is 10.2 Å². The van der Waals surface area contributed by atoms with E-state index in [4.69, 9.17) is 4.74 Å². The van der Waals surface area contributed by atoms with Gasteiger partial charge in [0.25, 0.3) is 0 Å². The minimum Gasteiger partial charge on any atom is -0.490 e. The van der Waals surface area contributed by atoms with E-state index in [0.29, 0.717) is 26.1 Å². The summed E-state index contributed by atoms with van der Waals surface area (Å²) in [5.74, 6) is 0.865. The van der Waals surface area contributed by atoms with Crippen molar-refractivity contribution in [3.05, 3.63) is 42.5 Å². The number of ether oxygens (including phenoxy) is 1. The predicted molar refractivity (Wildman–Crippen MR) is 89.5 cm³/mol. The van der Waals surface area contributed by atoms with Crippen molar-refractivity contribution in [2.24, 2.45) is 0 Å². The van der Waals surface area contributed by atoms with Gasteiger partial charge >= 0.3 is 0 Å². The summed E-state index contributed by atoms with van der Waals surface area (Å²) in [6.07, 6.45) is -0.0983. The quantitative estimate of drug-likeness (QED) is 0.876. The number of hydrogen-bond donors (Lipinski definition) is 2. The molecular weight excluding hydrogens is 292 g/mol. The van der Waals surface area contributed by atoms with Crippen molar-refractivity contribution in [2.45, 2.75) is 12.5 Å². The number of hydrogen-bond acceptors (Lipinski definition) is 4. The molecule has 1 aliphatic rings. The Hall–Kier alpha value is -2.11. The van der Waals surface area contributed by atoms with Crippen LogP contribution < -0.4 is 10.1 Å². The Kier molecular flexibility index (Phi) is 5.10. The van der Waals surface area contributed by atoms with Crippen LogP contribution in [0.3, 0.4) is 0 Å². The lowest BCUT2D eigenvalue weighted by Gasteiger charge is -2.22. The fraction of sp³-hybridized carbons (Fsp3) is 0.389. The van der Waals surface area contributed by atoms with Crippen LogP contribution in [0.15, 0.2) is 42.5 Å². The molecule has 1 unspecified atom stereocenters. The molecule has 0 aliphatic carbocycles. The smallest absolute Gasteiger partial charge is 0.221 e. The molecule has 5 nitrogen and oxygen atoms in total. The SMILES string of the molecule is O=C1CCN(CC(O)COc2cccc3ccccc23)CCN1. The molecule has 2 aromatic carbocycles. The topological polar surface area (TPSA) is 61.8 Å². The van der Waals surface area contributed by atoms with Crippen LogP contribution in [0.1, 0.15) is 6.42 Å². The first kappa shape index (κ1) is 15.8. The average molecular weight is 314 g/mol. The third-order valence-electron chi connectivity index (χ3n) is 4.06. The number of nitrogens with zero attached hydrogens (tertiary/aromatic N) is 1. The predicted octanol–water partition coefficient (Wildman–Crippen LogP) is 1.40. The monoisotopic (exact) mass is 314 g/mol. The second-order valence-electron chi connectivity index (χ2n) is 5.84. The molecule has 0 saturated carbocycles. The van der Waals surface area contributed by atoms with E-state index in [1.807, 2.05) is 42.5 Å². The van der Waals surface area contributed by atoms with Crippen molar-refractivity contribution in [3.63, 3.8) is 0 Å². The highest BCUT2D eigenvalue weighted by Crippen LogP contribution is 2.25. The van der Waals surface area contributed by atoms with Crippen LogP contribution in [0.4, 0.5) is 0 Å². The van der Waals surface area contributed by atoms with Crippen molar-refractivity contribution in [1.82, 2.24) is 10.2 Å². The van der Waals surface area contributed by atoms with E-state index in [-0.39, 0.29) is 12.5 Å². The largest absolute Gasteiger partial charge is 0.490 e. The van der Waals surface area contributed by atoms with Crippen molar-refractivity contribution in [2.75, 3.05) is 32.8 Å². The molecule has 2 N–H and O–H groups in total. The Labute approximate surface area is 135 Å². The molecule has 1 amide bonds. The Balaban J connectivity index is 1.56. The van der Waals surface area contributed by atoms with Crippen LogP contribution in [0.25, 0.3) is 10.8 Å². The first-order valence-electron chi connectivity index (χ1n) is 8.00. The number of β-amino-alcohol motifs (C(OH)–C–C–N with tert-alkyl or cyclic N) is 1. The number of benzene rings is 2. The van der Waals surface area contributed by atoms with Crippen LogP contribution in [0.2, 0.25) is 0 Å². The summed E-state index contributed by atoms with van der Waals surface area (Å²) in [4.78, 5) is 13.4. The minimum atomic E-state index is -0.581. The molecule has 0 bridgehead atoms. The molecule has 2 aromatic rings. The number of aliphatic hydroxyl groups is 1. The molecule has 0 radical (unpaired) electrons. The van der Waals surface area contributed by atoms with Gasteiger partial charge in [0.2, 0.25) is 5.91 Å². The molecule has 1 atom stereocenters. The lowest BCUT2D eigenvalue weighted by Crippen LogP contribution is -2.37. The molecule has 5 heteroatoms. The van der Waals surface area contributed by atoms with E-state index in [1.165, 1.54) is 0 Å². The number of carbonyl (C=O) groups excluding carboxylic acids is 1. The number of rotatable bonds is 5. The van der Waals surface area contributed by atoms with Crippen LogP contribution >= 0.6 is 0 Å². The van der Waals surface area contributed by atoms with Gasteiger partial charge in [0.1, 0.15) is 18.5 Å². The molecule has 3 rings (SSSR count). The maximum absolute atomic E-state index is 11.3. The fourth-order valence-electron chi connectivity index (χ4n) is 2.85. The van der Waals surface area contributed by atoms with Gasteiger partial charge in [-0.15, -0.1) is 0 Å². The van der Waals surface area contributed by atoms with E-state index in [0.717, 1.165) is 23.1 Å². The van der Waals surface area contributed by atoms with Crippen molar-refractivity contribution in [3.8, 4) is 5.75 Å².